The Hall–Kier alpha value is -0.770. The SMILES string of the molecule is CCOC(=O)N(CCCl)C(C)=O. The summed E-state index contributed by atoms with van der Waals surface area (Å²) in [6, 6.07) is 0. The number of nitrogens with zero attached hydrogens (tertiary/aromatic N) is 1. The third-order valence-corrected chi connectivity index (χ3v) is 1.35. The summed E-state index contributed by atoms with van der Waals surface area (Å²) in [5, 5.41) is 0. The Kier molecular flexibility index (Phi) is 5.45. The molecule has 0 spiro atoms. The number of rotatable bonds is 3. The minimum Gasteiger partial charge on any atom is -0.449 e. The number of amides is 2. The van der Waals surface area contributed by atoms with Gasteiger partial charge in [-0.1, -0.05) is 0 Å². The lowest BCUT2D eigenvalue weighted by Gasteiger charge is -2.16. The molecule has 2 amide bonds. The molecule has 4 nitrogen and oxygen atoms in total. The van der Waals surface area contributed by atoms with Gasteiger partial charge < -0.3 is 4.74 Å². The average molecular weight is 194 g/mol. The molecule has 0 aromatic heterocycles. The molecule has 0 heterocycles. The van der Waals surface area contributed by atoms with Crippen LogP contribution in [0, 0.1) is 0 Å². The second kappa shape index (κ2) is 5.83. The minimum absolute atomic E-state index is 0.190. The van der Waals surface area contributed by atoms with Crippen LogP contribution in [-0.4, -0.2) is 35.9 Å². The molecular weight excluding hydrogens is 182 g/mol. The van der Waals surface area contributed by atoms with Gasteiger partial charge in [0.05, 0.1) is 6.61 Å². The molecule has 0 radical (unpaired) electrons. The second-order valence-electron chi connectivity index (χ2n) is 2.06. The Morgan fingerprint density at radius 1 is 1.50 bits per heavy atom. The summed E-state index contributed by atoms with van der Waals surface area (Å²) in [5.74, 6) is -0.132. The number of ether oxygens (including phenoxy) is 1. The first-order valence-electron chi connectivity index (χ1n) is 3.64. The van der Waals surface area contributed by atoms with E-state index in [4.69, 9.17) is 11.6 Å². The highest BCUT2D eigenvalue weighted by atomic mass is 35.5. The van der Waals surface area contributed by atoms with Crippen molar-refractivity contribution in [3.63, 3.8) is 0 Å². The first-order chi connectivity index (χ1) is 5.63. The van der Waals surface area contributed by atoms with Gasteiger partial charge in [-0.25, -0.2) is 9.69 Å². The summed E-state index contributed by atoms with van der Waals surface area (Å²) >= 11 is 5.38. The molecule has 0 aliphatic rings. The van der Waals surface area contributed by atoms with Crippen LogP contribution >= 0.6 is 11.6 Å². The molecule has 0 aromatic carbocycles. The van der Waals surface area contributed by atoms with E-state index in [1.165, 1.54) is 6.92 Å². The first kappa shape index (κ1) is 11.2. The average Bonchev–Trinajstić information content (AvgIpc) is 1.99. The van der Waals surface area contributed by atoms with Gasteiger partial charge in [0.2, 0.25) is 5.91 Å². The lowest BCUT2D eigenvalue weighted by molar-refractivity contribution is -0.126. The zero-order valence-electron chi connectivity index (χ0n) is 7.17. The zero-order chi connectivity index (χ0) is 9.56. The van der Waals surface area contributed by atoms with Crippen molar-refractivity contribution in [3.05, 3.63) is 0 Å². The van der Waals surface area contributed by atoms with Crippen molar-refractivity contribution in [3.8, 4) is 0 Å². The maximum atomic E-state index is 11.0. The standard InChI is InChI=1S/C7H12ClNO3/c1-3-12-7(11)9(5-4-8)6(2)10/h3-5H2,1-2H3. The lowest BCUT2D eigenvalue weighted by Crippen LogP contribution is -2.37. The fraction of sp³-hybridized carbons (Fsp3) is 0.714. The third-order valence-electron chi connectivity index (χ3n) is 1.18. The highest BCUT2D eigenvalue weighted by Gasteiger charge is 2.17. The van der Waals surface area contributed by atoms with Gasteiger partial charge in [0.25, 0.3) is 0 Å². The summed E-state index contributed by atoms with van der Waals surface area (Å²) in [6.07, 6.45) is -0.634. The molecule has 70 valence electrons. The van der Waals surface area contributed by atoms with Crippen molar-refractivity contribution in [2.75, 3.05) is 19.0 Å². The van der Waals surface area contributed by atoms with E-state index < -0.39 is 6.09 Å². The number of halogens is 1. The Labute approximate surface area is 76.4 Å². The van der Waals surface area contributed by atoms with Crippen LogP contribution in [0.3, 0.4) is 0 Å². The van der Waals surface area contributed by atoms with E-state index >= 15 is 0 Å². The minimum atomic E-state index is -0.634. The predicted molar refractivity (Wildman–Crippen MR) is 45.1 cm³/mol. The van der Waals surface area contributed by atoms with E-state index in [1.807, 2.05) is 0 Å². The van der Waals surface area contributed by atoms with Crippen LogP contribution in [0.1, 0.15) is 13.8 Å². The van der Waals surface area contributed by atoms with Gasteiger partial charge in [-0.15, -0.1) is 11.6 Å². The highest BCUT2D eigenvalue weighted by molar-refractivity contribution is 6.18. The molecule has 5 heteroatoms. The topological polar surface area (TPSA) is 46.6 Å². The van der Waals surface area contributed by atoms with Gasteiger partial charge in [-0.3, -0.25) is 4.79 Å². The molecule has 0 atom stereocenters. The van der Waals surface area contributed by atoms with E-state index in [-0.39, 0.29) is 24.9 Å². The highest BCUT2D eigenvalue weighted by Crippen LogP contribution is 1.95. The Bertz CT molecular complexity index is 172. The molecule has 0 saturated heterocycles. The van der Waals surface area contributed by atoms with Gasteiger partial charge in [0.15, 0.2) is 0 Å². The number of carbonyl (C=O) groups is 2. The van der Waals surface area contributed by atoms with Crippen molar-refractivity contribution in [2.45, 2.75) is 13.8 Å². The summed E-state index contributed by atoms with van der Waals surface area (Å²) in [6.45, 7) is 3.42. The van der Waals surface area contributed by atoms with Crippen molar-refractivity contribution < 1.29 is 14.3 Å². The van der Waals surface area contributed by atoms with E-state index in [0.717, 1.165) is 4.90 Å². The largest absolute Gasteiger partial charge is 0.449 e. The van der Waals surface area contributed by atoms with E-state index in [0.29, 0.717) is 0 Å². The van der Waals surface area contributed by atoms with Gasteiger partial charge in [0, 0.05) is 19.3 Å². The van der Waals surface area contributed by atoms with Crippen LogP contribution in [-0.2, 0) is 9.53 Å². The van der Waals surface area contributed by atoms with Gasteiger partial charge in [0.1, 0.15) is 0 Å². The molecule has 0 aliphatic heterocycles. The first-order valence-corrected chi connectivity index (χ1v) is 4.17. The Balaban J connectivity index is 4.09. The van der Waals surface area contributed by atoms with Gasteiger partial charge >= 0.3 is 6.09 Å². The molecular formula is C7H12ClNO3. The molecule has 0 N–H and O–H groups in total. The lowest BCUT2D eigenvalue weighted by atomic mass is 10.5. The number of imide groups is 1. The predicted octanol–water partition coefficient (Wildman–Crippen LogP) is 1.23. The normalized spacial score (nSPS) is 9.25. The molecule has 12 heavy (non-hydrogen) atoms. The molecule has 0 unspecified atom stereocenters. The number of hydrogen-bond acceptors (Lipinski definition) is 3. The number of alkyl halides is 1. The maximum Gasteiger partial charge on any atom is 0.416 e. The molecule has 0 saturated carbocycles. The van der Waals surface area contributed by atoms with Crippen LogP contribution in [0.5, 0.6) is 0 Å². The molecule has 0 aromatic rings. The fourth-order valence-corrected chi connectivity index (χ4v) is 0.832. The number of carbonyl (C=O) groups excluding carboxylic acids is 2. The maximum absolute atomic E-state index is 11.0. The van der Waals surface area contributed by atoms with Crippen molar-refractivity contribution in [2.24, 2.45) is 0 Å². The number of hydrogen-bond donors (Lipinski definition) is 0. The van der Waals surface area contributed by atoms with Crippen LogP contribution in [0.25, 0.3) is 0 Å². The summed E-state index contributed by atoms with van der Waals surface area (Å²) in [5.41, 5.74) is 0. The molecule has 0 rings (SSSR count). The third kappa shape index (κ3) is 3.57. The van der Waals surface area contributed by atoms with Crippen LogP contribution < -0.4 is 0 Å². The smallest absolute Gasteiger partial charge is 0.416 e. The molecule has 0 aliphatic carbocycles. The second-order valence-corrected chi connectivity index (χ2v) is 2.44. The van der Waals surface area contributed by atoms with E-state index in [2.05, 4.69) is 4.74 Å². The fourth-order valence-electron chi connectivity index (χ4n) is 0.663. The van der Waals surface area contributed by atoms with Crippen LogP contribution in [0.2, 0.25) is 0 Å². The monoisotopic (exact) mass is 193 g/mol. The summed E-state index contributed by atoms with van der Waals surface area (Å²) in [4.78, 5) is 22.8. The quantitative estimate of drug-likeness (QED) is 0.634. The Morgan fingerprint density at radius 3 is 2.42 bits per heavy atom. The molecule has 0 fully saturated rings. The van der Waals surface area contributed by atoms with Gasteiger partial charge in [-0.05, 0) is 6.92 Å². The molecule has 0 bridgehead atoms. The van der Waals surface area contributed by atoms with Gasteiger partial charge in [-0.2, -0.15) is 0 Å². The summed E-state index contributed by atoms with van der Waals surface area (Å²) < 4.78 is 4.63. The summed E-state index contributed by atoms with van der Waals surface area (Å²) in [7, 11) is 0. The van der Waals surface area contributed by atoms with Crippen molar-refractivity contribution in [1.82, 2.24) is 4.90 Å². The zero-order valence-corrected chi connectivity index (χ0v) is 7.93. The van der Waals surface area contributed by atoms with Crippen molar-refractivity contribution in [1.29, 1.82) is 0 Å². The van der Waals surface area contributed by atoms with Crippen LogP contribution in [0.4, 0.5) is 4.79 Å². The van der Waals surface area contributed by atoms with E-state index in [1.54, 1.807) is 6.92 Å². The van der Waals surface area contributed by atoms with E-state index in [9.17, 15) is 9.59 Å². The van der Waals surface area contributed by atoms with Crippen LogP contribution in [0.15, 0.2) is 0 Å². The van der Waals surface area contributed by atoms with Crippen molar-refractivity contribution >= 4 is 23.6 Å². The Morgan fingerprint density at radius 2 is 2.08 bits per heavy atom.